The van der Waals surface area contributed by atoms with Crippen LogP contribution in [0.1, 0.15) is 5.82 Å². The van der Waals surface area contributed by atoms with E-state index in [1.807, 2.05) is 18.2 Å². The third-order valence-electron chi connectivity index (χ3n) is 4.22. The first-order chi connectivity index (χ1) is 12.6. The van der Waals surface area contributed by atoms with E-state index in [1.165, 1.54) is 18.3 Å². The summed E-state index contributed by atoms with van der Waals surface area (Å²) < 4.78 is 34.8. The fourth-order valence-electron chi connectivity index (χ4n) is 3.04. The average Bonchev–Trinajstić information content (AvgIpc) is 2.97. The molecule has 26 heavy (non-hydrogen) atoms. The zero-order chi connectivity index (χ0) is 18.3. The second kappa shape index (κ2) is 6.25. The van der Waals surface area contributed by atoms with E-state index in [2.05, 4.69) is 9.98 Å². The number of fused-ring (bicyclic) bond motifs is 1. The number of aliphatic imine (C=N–C) groups is 1. The third kappa shape index (κ3) is 2.71. The fraction of sp³-hybridized carbons (Fsp3) is 0.158. The van der Waals surface area contributed by atoms with Crippen LogP contribution in [0.5, 0.6) is 5.75 Å². The second-order valence-corrected chi connectivity index (χ2v) is 5.92. The highest BCUT2D eigenvalue weighted by molar-refractivity contribution is 6.04. The highest BCUT2D eigenvalue weighted by atomic mass is 19.1. The van der Waals surface area contributed by atoms with Gasteiger partial charge < -0.3 is 9.64 Å². The summed E-state index contributed by atoms with van der Waals surface area (Å²) in [5, 5.41) is 0. The number of aryl methyl sites for hydroxylation is 1. The van der Waals surface area contributed by atoms with Crippen LogP contribution >= 0.6 is 0 Å². The van der Waals surface area contributed by atoms with Crippen LogP contribution in [-0.2, 0) is 0 Å². The largest absolute Gasteiger partial charge is 0.497 e. The molecule has 0 saturated heterocycles. The molecule has 0 radical (unpaired) electrons. The van der Waals surface area contributed by atoms with E-state index >= 15 is 0 Å². The monoisotopic (exact) mass is 354 g/mol. The molecule has 0 amide bonds. The molecule has 5 nitrogen and oxygen atoms in total. The van der Waals surface area contributed by atoms with Gasteiger partial charge in [-0.05, 0) is 31.2 Å². The van der Waals surface area contributed by atoms with Gasteiger partial charge in [-0.1, -0.05) is 6.07 Å². The van der Waals surface area contributed by atoms with E-state index in [1.54, 1.807) is 35.6 Å². The Hall–Kier alpha value is -3.22. The van der Waals surface area contributed by atoms with Crippen LogP contribution < -0.4 is 9.64 Å². The number of nitrogens with zero attached hydrogens (tertiary/aromatic N) is 4. The predicted molar refractivity (Wildman–Crippen MR) is 96.8 cm³/mol. The van der Waals surface area contributed by atoms with Crippen molar-refractivity contribution < 1.29 is 13.5 Å². The molecule has 0 saturated carbocycles. The van der Waals surface area contributed by atoms with Crippen LogP contribution in [0.4, 0.5) is 14.5 Å². The van der Waals surface area contributed by atoms with Crippen molar-refractivity contribution in [3.63, 3.8) is 0 Å². The number of ether oxygens (including phenoxy) is 1. The van der Waals surface area contributed by atoms with Gasteiger partial charge >= 0.3 is 0 Å². The molecule has 4 rings (SSSR count). The number of halogens is 2. The quantitative estimate of drug-likeness (QED) is 0.698. The molecule has 1 aliphatic rings. The Morgan fingerprint density at radius 2 is 1.96 bits per heavy atom. The Labute approximate surface area is 148 Å². The molecule has 0 spiro atoms. The lowest BCUT2D eigenvalue weighted by Gasteiger charge is -2.29. The van der Waals surface area contributed by atoms with E-state index in [-0.39, 0.29) is 18.2 Å². The minimum atomic E-state index is -0.371. The molecule has 7 heteroatoms. The van der Waals surface area contributed by atoms with E-state index in [9.17, 15) is 8.78 Å². The van der Waals surface area contributed by atoms with E-state index in [0.29, 0.717) is 34.3 Å². The number of benzene rings is 2. The number of rotatable bonds is 2. The smallest absolute Gasteiger partial charge is 0.216 e. The van der Waals surface area contributed by atoms with E-state index in [4.69, 9.17) is 4.74 Å². The minimum absolute atomic E-state index is 0.0143. The molecule has 1 aliphatic heterocycles. The van der Waals surface area contributed by atoms with Crippen molar-refractivity contribution >= 4 is 22.7 Å². The highest BCUT2D eigenvalue weighted by Gasteiger charge is 2.24. The molecule has 2 heterocycles. The van der Waals surface area contributed by atoms with Crippen molar-refractivity contribution in [2.75, 3.05) is 18.6 Å². The van der Waals surface area contributed by atoms with Gasteiger partial charge in [0.05, 0.1) is 30.9 Å². The number of methoxy groups -OCH3 is 1. The Balaban J connectivity index is 1.90. The summed E-state index contributed by atoms with van der Waals surface area (Å²) in [7, 11) is 1.57. The first-order valence-electron chi connectivity index (χ1n) is 8.06. The summed E-state index contributed by atoms with van der Waals surface area (Å²) in [4.78, 5) is 10.4. The molecule has 0 fully saturated rings. The molecule has 0 N–H and O–H groups in total. The van der Waals surface area contributed by atoms with Gasteiger partial charge in [0.2, 0.25) is 5.96 Å². The van der Waals surface area contributed by atoms with E-state index < -0.39 is 0 Å². The molecule has 132 valence electrons. The average molecular weight is 354 g/mol. The van der Waals surface area contributed by atoms with E-state index in [0.717, 1.165) is 0 Å². The summed E-state index contributed by atoms with van der Waals surface area (Å²) in [6.45, 7) is 1.82. The van der Waals surface area contributed by atoms with Gasteiger partial charge in [-0.15, -0.1) is 0 Å². The standard InChI is InChI=1S/C19H16F2N4O/c1-12-23-17-7-6-13(20)8-18(17)25(12)19-22-10-14(21)11-24(19)15-4-3-5-16(9-15)26-2/h3-10H,11H2,1-2H3. The molecular formula is C19H16F2N4O. The number of aromatic nitrogens is 2. The van der Waals surface area contributed by atoms with Gasteiger partial charge in [0, 0.05) is 17.8 Å². The Kier molecular flexibility index (Phi) is 3.91. The van der Waals surface area contributed by atoms with Gasteiger partial charge in [-0.25, -0.2) is 18.8 Å². The van der Waals surface area contributed by atoms with Crippen LogP contribution in [-0.4, -0.2) is 29.2 Å². The van der Waals surface area contributed by atoms with Crippen molar-refractivity contribution in [3.8, 4) is 5.75 Å². The number of imidazole rings is 1. The Morgan fingerprint density at radius 3 is 2.77 bits per heavy atom. The maximum absolute atomic E-state index is 14.0. The first kappa shape index (κ1) is 16.3. The number of anilines is 1. The lowest BCUT2D eigenvalue weighted by Crippen LogP contribution is -2.39. The summed E-state index contributed by atoms with van der Waals surface area (Å²) in [5.74, 6) is 0.989. The maximum Gasteiger partial charge on any atom is 0.216 e. The molecule has 1 aromatic heterocycles. The topological polar surface area (TPSA) is 42.6 Å². The van der Waals surface area contributed by atoms with Gasteiger partial charge in [0.15, 0.2) is 0 Å². The van der Waals surface area contributed by atoms with Crippen LogP contribution in [0.15, 0.2) is 59.5 Å². The van der Waals surface area contributed by atoms with Gasteiger partial charge in [-0.3, -0.25) is 4.57 Å². The number of hydrogen-bond donors (Lipinski definition) is 0. The zero-order valence-electron chi connectivity index (χ0n) is 14.3. The Morgan fingerprint density at radius 1 is 1.12 bits per heavy atom. The zero-order valence-corrected chi connectivity index (χ0v) is 14.3. The van der Waals surface area contributed by atoms with Gasteiger partial charge in [-0.2, -0.15) is 0 Å². The fourth-order valence-corrected chi connectivity index (χ4v) is 3.04. The Bertz CT molecular complexity index is 1050. The van der Waals surface area contributed by atoms with Crippen molar-refractivity contribution in [1.82, 2.24) is 9.55 Å². The molecule has 0 atom stereocenters. The second-order valence-electron chi connectivity index (χ2n) is 5.92. The molecule has 0 bridgehead atoms. The lowest BCUT2D eigenvalue weighted by atomic mass is 10.2. The summed E-state index contributed by atoms with van der Waals surface area (Å²) in [6, 6.07) is 11.6. The number of hydrogen-bond acceptors (Lipinski definition) is 4. The first-order valence-corrected chi connectivity index (χ1v) is 8.06. The highest BCUT2D eigenvalue weighted by Crippen LogP contribution is 2.27. The third-order valence-corrected chi connectivity index (χ3v) is 4.22. The molecule has 0 unspecified atom stereocenters. The van der Waals surface area contributed by atoms with Crippen LogP contribution in [0, 0.1) is 12.7 Å². The normalized spacial score (nSPS) is 14.4. The van der Waals surface area contributed by atoms with Gasteiger partial charge in [0.1, 0.15) is 23.2 Å². The van der Waals surface area contributed by atoms with Crippen LogP contribution in [0.25, 0.3) is 11.0 Å². The van der Waals surface area contributed by atoms with Crippen LogP contribution in [0.2, 0.25) is 0 Å². The summed E-state index contributed by atoms with van der Waals surface area (Å²) in [5.41, 5.74) is 1.93. The van der Waals surface area contributed by atoms with Crippen molar-refractivity contribution in [1.29, 1.82) is 0 Å². The molecule has 3 aromatic rings. The van der Waals surface area contributed by atoms with Crippen molar-refractivity contribution in [3.05, 3.63) is 66.1 Å². The summed E-state index contributed by atoms with van der Waals surface area (Å²) >= 11 is 0. The molecule has 2 aromatic carbocycles. The van der Waals surface area contributed by atoms with Crippen molar-refractivity contribution in [2.24, 2.45) is 4.99 Å². The molecular weight excluding hydrogens is 338 g/mol. The predicted octanol–water partition coefficient (Wildman–Crippen LogP) is 4.03. The van der Waals surface area contributed by atoms with Gasteiger partial charge in [0.25, 0.3) is 0 Å². The van der Waals surface area contributed by atoms with Crippen LogP contribution in [0.3, 0.4) is 0 Å². The lowest BCUT2D eigenvalue weighted by molar-refractivity contribution is 0.415. The maximum atomic E-state index is 14.0. The van der Waals surface area contributed by atoms with Crippen molar-refractivity contribution in [2.45, 2.75) is 6.92 Å². The minimum Gasteiger partial charge on any atom is -0.497 e. The SMILES string of the molecule is COc1cccc(N2CC(F)=CN=C2n2c(C)nc3ccc(F)cc32)c1. The summed E-state index contributed by atoms with van der Waals surface area (Å²) in [6.07, 6.45) is 1.18. The molecule has 0 aliphatic carbocycles.